The minimum Gasteiger partial charge on any atom is -0.481 e. The molecule has 0 aliphatic rings. The number of benzene rings is 1. The Bertz CT molecular complexity index is 619. The van der Waals surface area contributed by atoms with Gasteiger partial charge in [-0.2, -0.15) is 0 Å². The zero-order valence-corrected chi connectivity index (χ0v) is 24.5. The summed E-state index contributed by atoms with van der Waals surface area (Å²) in [5, 5.41) is 0. The van der Waals surface area contributed by atoms with Crippen LogP contribution in [0.25, 0.3) is 0 Å². The number of hydrogen-bond donors (Lipinski definition) is 0. The van der Waals surface area contributed by atoms with E-state index in [9.17, 15) is 4.79 Å². The molecule has 0 N–H and O–H groups in total. The molecule has 1 unspecified atom stereocenters. The summed E-state index contributed by atoms with van der Waals surface area (Å²) in [5.41, 5.74) is 1.36. The van der Waals surface area contributed by atoms with Gasteiger partial charge in [0.2, 0.25) is 0 Å². The van der Waals surface area contributed by atoms with E-state index in [-0.39, 0.29) is 12.0 Å². The number of amides is 1. The van der Waals surface area contributed by atoms with Crippen LogP contribution < -0.4 is 4.74 Å². The molecule has 0 spiro atoms. The second-order valence-corrected chi connectivity index (χ2v) is 10.7. The highest BCUT2D eigenvalue weighted by Crippen LogP contribution is 2.20. The minimum atomic E-state index is -0.362. The first kappa shape index (κ1) is 32.5. The third-order valence-corrected chi connectivity index (χ3v) is 7.24. The van der Waals surface area contributed by atoms with Gasteiger partial charge in [0.05, 0.1) is 0 Å². The summed E-state index contributed by atoms with van der Waals surface area (Å²) in [6.07, 6.45) is 22.8. The van der Waals surface area contributed by atoms with Gasteiger partial charge in [-0.1, -0.05) is 123 Å². The lowest BCUT2D eigenvalue weighted by atomic mass is 10.0. The molecule has 0 bridgehead atoms. The van der Waals surface area contributed by atoms with Crippen LogP contribution in [0.1, 0.15) is 149 Å². The van der Waals surface area contributed by atoms with Crippen molar-refractivity contribution in [2.75, 3.05) is 13.1 Å². The summed E-state index contributed by atoms with van der Waals surface area (Å²) in [5.74, 6) is 1.03. The Kier molecular flexibility index (Phi) is 20.5. The van der Waals surface area contributed by atoms with E-state index in [1.54, 1.807) is 0 Å². The molecule has 0 saturated carbocycles. The summed E-state index contributed by atoms with van der Waals surface area (Å²) in [7, 11) is 0. The molecule has 0 saturated heterocycles. The van der Waals surface area contributed by atoms with Crippen LogP contribution in [0.4, 0.5) is 0 Å². The van der Waals surface area contributed by atoms with Gasteiger partial charge >= 0.3 is 0 Å². The van der Waals surface area contributed by atoms with Crippen molar-refractivity contribution >= 4 is 5.91 Å². The highest BCUT2D eigenvalue weighted by Gasteiger charge is 2.25. The lowest BCUT2D eigenvalue weighted by Gasteiger charge is -2.28. The first-order valence-corrected chi connectivity index (χ1v) is 15.7. The average Bonchev–Trinajstić information content (AvgIpc) is 2.90. The van der Waals surface area contributed by atoms with Crippen molar-refractivity contribution in [3.8, 4) is 5.75 Å². The third-order valence-electron chi connectivity index (χ3n) is 7.24. The van der Waals surface area contributed by atoms with E-state index in [4.69, 9.17) is 4.74 Å². The van der Waals surface area contributed by atoms with Gasteiger partial charge in [0, 0.05) is 13.1 Å². The zero-order valence-electron chi connectivity index (χ0n) is 24.5. The first-order chi connectivity index (χ1) is 17.7. The molecule has 0 aliphatic carbocycles. The number of hydrogen-bond acceptors (Lipinski definition) is 2. The molecular weight excluding hydrogens is 442 g/mol. The SMILES string of the molecule is CCCCCCCCCCCCC(Oc1ccc(CCCCC)cc1)C(=O)N(CCCC)CCCC. The number of aryl methyl sites for hydroxylation is 1. The fourth-order valence-corrected chi connectivity index (χ4v) is 4.76. The predicted molar refractivity (Wildman–Crippen MR) is 157 cm³/mol. The van der Waals surface area contributed by atoms with E-state index in [0.717, 1.165) is 63.8 Å². The van der Waals surface area contributed by atoms with E-state index in [1.165, 1.54) is 82.6 Å². The van der Waals surface area contributed by atoms with E-state index in [0.29, 0.717) is 0 Å². The van der Waals surface area contributed by atoms with Crippen LogP contribution in [-0.4, -0.2) is 30.0 Å². The molecule has 1 aromatic rings. The van der Waals surface area contributed by atoms with Crippen molar-refractivity contribution in [2.24, 2.45) is 0 Å². The highest BCUT2D eigenvalue weighted by molar-refractivity contribution is 5.81. The maximum absolute atomic E-state index is 13.6. The fourth-order valence-electron chi connectivity index (χ4n) is 4.76. The molecule has 0 radical (unpaired) electrons. The number of carbonyl (C=O) groups excluding carboxylic acids is 1. The normalized spacial score (nSPS) is 12.0. The monoisotopic (exact) mass is 501 g/mol. The molecule has 208 valence electrons. The lowest BCUT2D eigenvalue weighted by Crippen LogP contribution is -2.43. The smallest absolute Gasteiger partial charge is 0.263 e. The van der Waals surface area contributed by atoms with Crippen LogP contribution in [0, 0.1) is 0 Å². The van der Waals surface area contributed by atoms with Crippen molar-refractivity contribution in [3.63, 3.8) is 0 Å². The Hall–Kier alpha value is -1.51. The summed E-state index contributed by atoms with van der Waals surface area (Å²) >= 11 is 0. The number of unbranched alkanes of at least 4 members (excludes halogenated alkanes) is 13. The molecule has 3 heteroatoms. The Morgan fingerprint density at radius 3 is 1.64 bits per heavy atom. The van der Waals surface area contributed by atoms with Crippen LogP contribution in [-0.2, 0) is 11.2 Å². The molecule has 1 amide bonds. The Morgan fingerprint density at radius 2 is 1.11 bits per heavy atom. The summed E-state index contributed by atoms with van der Waals surface area (Å²) in [6, 6.07) is 8.50. The van der Waals surface area contributed by atoms with Crippen molar-refractivity contribution in [1.29, 1.82) is 0 Å². The Balaban J connectivity index is 2.64. The number of rotatable bonds is 24. The standard InChI is InChI=1S/C33H59NO2/c1-5-9-13-14-15-16-17-18-19-21-23-32(33(35)34(28-11-7-3)29-12-8-4)36-31-26-24-30(25-27-31)22-20-10-6-2/h24-27,32H,5-23,28-29H2,1-4H3. The van der Waals surface area contributed by atoms with Crippen LogP contribution in [0.3, 0.4) is 0 Å². The molecule has 1 rings (SSSR count). The number of nitrogens with zero attached hydrogens (tertiary/aromatic N) is 1. The Morgan fingerprint density at radius 1 is 0.639 bits per heavy atom. The van der Waals surface area contributed by atoms with E-state index in [2.05, 4.69) is 56.9 Å². The molecular formula is C33H59NO2. The van der Waals surface area contributed by atoms with Crippen LogP contribution in [0.2, 0.25) is 0 Å². The molecule has 0 aromatic heterocycles. The van der Waals surface area contributed by atoms with Crippen LogP contribution in [0.5, 0.6) is 5.75 Å². The van der Waals surface area contributed by atoms with E-state index < -0.39 is 0 Å². The summed E-state index contributed by atoms with van der Waals surface area (Å²) < 4.78 is 6.39. The minimum absolute atomic E-state index is 0.194. The molecule has 0 fully saturated rings. The average molecular weight is 502 g/mol. The van der Waals surface area contributed by atoms with Crippen LogP contribution >= 0.6 is 0 Å². The van der Waals surface area contributed by atoms with Gasteiger partial charge < -0.3 is 9.64 Å². The second kappa shape index (κ2) is 22.7. The highest BCUT2D eigenvalue weighted by atomic mass is 16.5. The van der Waals surface area contributed by atoms with Crippen molar-refractivity contribution in [1.82, 2.24) is 4.90 Å². The summed E-state index contributed by atoms with van der Waals surface area (Å²) in [4.78, 5) is 15.7. The summed E-state index contributed by atoms with van der Waals surface area (Å²) in [6.45, 7) is 10.6. The molecule has 0 aliphatic heterocycles. The quantitative estimate of drug-likeness (QED) is 0.132. The number of carbonyl (C=O) groups is 1. The molecule has 1 aromatic carbocycles. The van der Waals surface area contributed by atoms with Crippen molar-refractivity contribution in [2.45, 2.75) is 156 Å². The fraction of sp³-hybridized carbons (Fsp3) is 0.788. The predicted octanol–water partition coefficient (Wildman–Crippen LogP) is 9.91. The number of ether oxygens (including phenoxy) is 1. The second-order valence-electron chi connectivity index (χ2n) is 10.7. The topological polar surface area (TPSA) is 29.5 Å². The van der Waals surface area contributed by atoms with Gasteiger partial charge in [0.1, 0.15) is 5.75 Å². The van der Waals surface area contributed by atoms with Gasteiger partial charge in [-0.15, -0.1) is 0 Å². The Labute approximate surface area is 224 Å². The lowest BCUT2D eigenvalue weighted by molar-refractivity contribution is -0.139. The van der Waals surface area contributed by atoms with Gasteiger partial charge in [0.25, 0.3) is 5.91 Å². The van der Waals surface area contributed by atoms with E-state index >= 15 is 0 Å². The molecule has 3 nitrogen and oxygen atoms in total. The largest absolute Gasteiger partial charge is 0.481 e. The third kappa shape index (κ3) is 15.6. The van der Waals surface area contributed by atoms with Crippen molar-refractivity contribution in [3.05, 3.63) is 29.8 Å². The van der Waals surface area contributed by atoms with Crippen molar-refractivity contribution < 1.29 is 9.53 Å². The van der Waals surface area contributed by atoms with Gasteiger partial charge in [-0.05, 0) is 56.2 Å². The van der Waals surface area contributed by atoms with E-state index in [1.807, 2.05) is 0 Å². The maximum atomic E-state index is 13.6. The van der Waals surface area contributed by atoms with Gasteiger partial charge in [-0.3, -0.25) is 4.79 Å². The van der Waals surface area contributed by atoms with Gasteiger partial charge in [-0.25, -0.2) is 0 Å². The zero-order chi connectivity index (χ0) is 26.3. The maximum Gasteiger partial charge on any atom is 0.263 e. The first-order valence-electron chi connectivity index (χ1n) is 15.7. The molecule has 1 atom stereocenters. The molecule has 0 heterocycles. The molecule has 36 heavy (non-hydrogen) atoms. The van der Waals surface area contributed by atoms with Gasteiger partial charge in [0.15, 0.2) is 6.10 Å². The van der Waals surface area contributed by atoms with Crippen LogP contribution in [0.15, 0.2) is 24.3 Å².